The van der Waals surface area contributed by atoms with Gasteiger partial charge >= 0.3 is 24.6 Å². The molecule has 0 aliphatic heterocycles. The van der Waals surface area contributed by atoms with Gasteiger partial charge in [-0.05, 0) is 128 Å². The van der Waals surface area contributed by atoms with Crippen molar-refractivity contribution in [2.24, 2.45) is 0 Å². The van der Waals surface area contributed by atoms with E-state index in [1.165, 1.54) is 24.3 Å². The summed E-state index contributed by atoms with van der Waals surface area (Å²) in [5, 5.41) is 0. The number of rotatable bonds is 18. The zero-order chi connectivity index (χ0) is 64.6. The van der Waals surface area contributed by atoms with Crippen LogP contribution in [-0.2, 0) is 27.1 Å². The fourth-order valence-electron chi connectivity index (χ4n) is 11.0. The summed E-state index contributed by atoms with van der Waals surface area (Å²) in [6, 6.07) is 78.2. The number of hydrogen-bond acceptors (Lipinski definition) is 12. The Labute approximate surface area is 531 Å². The summed E-state index contributed by atoms with van der Waals surface area (Å²) in [5.41, 5.74) is 7.05. The minimum Gasteiger partial charge on any atom is -0.395 e. The number of hydrogen-bond donors (Lipinski definition) is 0. The highest BCUT2D eigenvalue weighted by molar-refractivity contribution is 5.74. The van der Waals surface area contributed by atoms with Crippen LogP contribution in [0.2, 0.25) is 0 Å². The standard InChI is InChI=1S/C79H72O12/c1-75(2,53-23-15-11-16-24-53)57-31-41-63(42-32-57)84-71(80)88-67-49-39-61(51-69(67)90-73(82)86-65-45-35-59(36-46-65)77(5,6)55-27-19-13-20-28-55)79(9,10)62-40-50-68(89-72(81)85-64-43-33-58(34-44-64)76(3,4)54-25-17-12-18-26-54)70(52-62)91-74(83)87-66-47-37-60(38-48-66)78(7,8)56-29-21-14-22-30-56/h11-52H,1-10H3. The van der Waals surface area contributed by atoms with Crippen molar-refractivity contribution in [2.75, 3.05) is 0 Å². The minimum atomic E-state index is -1.12. The van der Waals surface area contributed by atoms with E-state index in [0.717, 1.165) is 44.5 Å². The average molecular weight is 1210 g/mol. The summed E-state index contributed by atoms with van der Waals surface area (Å²) in [4.78, 5) is 55.1. The highest BCUT2D eigenvalue weighted by Crippen LogP contribution is 2.43. The van der Waals surface area contributed by atoms with Crippen LogP contribution < -0.4 is 37.9 Å². The molecule has 0 fully saturated rings. The molecular weight excluding hydrogens is 1140 g/mol. The molecule has 0 radical (unpaired) electrons. The maximum Gasteiger partial charge on any atom is 0.519 e. The SMILES string of the molecule is CC(C)(c1ccccc1)c1ccc(OC(=O)Oc2ccc(C(C)(C)c3ccc(OC(=O)Oc4ccc(C(C)(C)c5ccccc5)cc4)c(OC(=O)Oc4ccc(C(C)(C)c5ccccc5)cc4)c3)cc2OC(=O)Oc2ccc(C(C)(C)c3ccccc3)cc2)cc1. The van der Waals surface area contributed by atoms with E-state index < -0.39 is 30.0 Å². The van der Waals surface area contributed by atoms with Gasteiger partial charge in [0.1, 0.15) is 23.0 Å². The third-order valence-electron chi connectivity index (χ3n) is 17.2. The van der Waals surface area contributed by atoms with E-state index in [0.29, 0.717) is 11.1 Å². The first kappa shape index (κ1) is 63.3. The van der Waals surface area contributed by atoms with E-state index in [1.807, 2.05) is 135 Å². The van der Waals surface area contributed by atoms with Crippen molar-refractivity contribution >= 4 is 24.6 Å². The van der Waals surface area contributed by atoms with Gasteiger partial charge in [-0.1, -0.05) is 251 Å². The molecule has 0 heterocycles. The Morgan fingerprint density at radius 3 is 0.593 bits per heavy atom. The molecule has 91 heavy (non-hydrogen) atoms. The predicted molar refractivity (Wildman–Crippen MR) is 352 cm³/mol. The molecule has 12 heteroatoms. The quantitative estimate of drug-likeness (QED) is 0.0596. The number of benzene rings is 10. The average Bonchev–Trinajstić information content (AvgIpc) is 1.08. The fraction of sp³-hybridized carbons (Fsp3) is 0.190. The van der Waals surface area contributed by atoms with E-state index >= 15 is 0 Å². The third-order valence-corrected chi connectivity index (χ3v) is 17.2. The molecule has 0 saturated carbocycles. The number of carbonyl (C=O) groups is 4. The van der Waals surface area contributed by atoms with Gasteiger partial charge in [0.2, 0.25) is 0 Å². The van der Waals surface area contributed by atoms with Crippen molar-refractivity contribution in [3.05, 3.63) is 310 Å². The molecular formula is C79H72O12. The maximum absolute atomic E-state index is 13.9. The second-order valence-electron chi connectivity index (χ2n) is 24.8. The molecule has 0 bridgehead atoms. The summed E-state index contributed by atoms with van der Waals surface area (Å²) >= 11 is 0. The van der Waals surface area contributed by atoms with Gasteiger partial charge in [0.05, 0.1) is 0 Å². The third kappa shape index (κ3) is 14.7. The summed E-state index contributed by atoms with van der Waals surface area (Å²) in [5.74, 6) is 0.147. The molecule has 460 valence electrons. The topological polar surface area (TPSA) is 142 Å². The lowest BCUT2D eigenvalue weighted by Crippen LogP contribution is -2.22. The van der Waals surface area contributed by atoms with Crippen molar-refractivity contribution < 1.29 is 57.1 Å². The molecule has 12 nitrogen and oxygen atoms in total. The Balaban J connectivity index is 0.927. The molecule has 0 aromatic heterocycles. The van der Waals surface area contributed by atoms with Crippen molar-refractivity contribution in [2.45, 2.75) is 96.3 Å². The second kappa shape index (κ2) is 26.5. The Hall–Kier alpha value is -10.7. The molecule has 0 aliphatic carbocycles. The van der Waals surface area contributed by atoms with Crippen LogP contribution in [0.4, 0.5) is 19.2 Å². The van der Waals surface area contributed by atoms with Crippen LogP contribution in [-0.4, -0.2) is 24.6 Å². The molecule has 0 aliphatic rings. The van der Waals surface area contributed by atoms with Crippen LogP contribution >= 0.6 is 0 Å². The molecule has 10 aromatic rings. The van der Waals surface area contributed by atoms with Crippen LogP contribution in [0, 0.1) is 0 Å². The van der Waals surface area contributed by atoms with Crippen molar-refractivity contribution in [1.29, 1.82) is 0 Å². The molecule has 0 N–H and O–H groups in total. The predicted octanol–water partition coefficient (Wildman–Crippen LogP) is 19.6. The number of ether oxygens (including phenoxy) is 8. The molecule has 0 atom stereocenters. The van der Waals surface area contributed by atoms with E-state index in [-0.39, 0.29) is 67.7 Å². The van der Waals surface area contributed by atoms with Gasteiger partial charge in [-0.3, -0.25) is 0 Å². The Morgan fingerprint density at radius 2 is 0.374 bits per heavy atom. The molecule has 10 rings (SSSR count). The zero-order valence-electron chi connectivity index (χ0n) is 52.6. The smallest absolute Gasteiger partial charge is 0.395 e. The largest absolute Gasteiger partial charge is 0.519 e. The highest BCUT2D eigenvalue weighted by atomic mass is 16.8. The van der Waals surface area contributed by atoms with E-state index in [9.17, 15) is 19.2 Å². The van der Waals surface area contributed by atoms with Gasteiger partial charge in [-0.25, -0.2) is 19.2 Å². The summed E-state index contributed by atoms with van der Waals surface area (Å²) < 4.78 is 46.3. The second-order valence-corrected chi connectivity index (χ2v) is 24.8. The first-order chi connectivity index (χ1) is 43.5. The Kier molecular flexibility index (Phi) is 18.5. The van der Waals surface area contributed by atoms with Gasteiger partial charge in [-0.15, -0.1) is 0 Å². The van der Waals surface area contributed by atoms with Crippen LogP contribution in [0.15, 0.2) is 255 Å². The van der Waals surface area contributed by atoms with Gasteiger partial charge in [0, 0.05) is 27.1 Å². The summed E-state index contributed by atoms with van der Waals surface area (Å²) in [6.45, 7) is 20.6. The zero-order valence-corrected chi connectivity index (χ0v) is 52.6. The minimum absolute atomic E-state index is 0.163. The lowest BCUT2D eigenvalue weighted by molar-refractivity contribution is 0.140. The fourth-order valence-corrected chi connectivity index (χ4v) is 11.0. The van der Waals surface area contributed by atoms with Gasteiger partial charge in [-0.2, -0.15) is 0 Å². The first-order valence-corrected chi connectivity index (χ1v) is 30.0. The normalized spacial score (nSPS) is 11.8. The number of carbonyl (C=O) groups excluding carboxylic acids is 4. The molecule has 0 amide bonds. The first-order valence-electron chi connectivity index (χ1n) is 30.0. The van der Waals surface area contributed by atoms with Gasteiger partial charge in [0.25, 0.3) is 0 Å². The molecule has 0 unspecified atom stereocenters. The van der Waals surface area contributed by atoms with Crippen LogP contribution in [0.3, 0.4) is 0 Å². The van der Waals surface area contributed by atoms with E-state index in [1.54, 1.807) is 60.7 Å². The Bertz CT molecular complexity index is 3890. The van der Waals surface area contributed by atoms with Gasteiger partial charge in [0.15, 0.2) is 23.0 Å². The van der Waals surface area contributed by atoms with Crippen LogP contribution in [0.25, 0.3) is 0 Å². The van der Waals surface area contributed by atoms with Crippen LogP contribution in [0.1, 0.15) is 125 Å². The van der Waals surface area contributed by atoms with Crippen molar-refractivity contribution in [1.82, 2.24) is 0 Å². The molecule has 10 aromatic carbocycles. The van der Waals surface area contributed by atoms with Gasteiger partial charge < -0.3 is 37.9 Å². The Morgan fingerprint density at radius 1 is 0.198 bits per heavy atom. The van der Waals surface area contributed by atoms with Crippen molar-refractivity contribution in [3.63, 3.8) is 0 Å². The monoisotopic (exact) mass is 1210 g/mol. The lowest BCUT2D eigenvalue weighted by atomic mass is 9.78. The maximum atomic E-state index is 13.9. The molecule has 0 saturated heterocycles. The highest BCUT2D eigenvalue weighted by Gasteiger charge is 2.31. The van der Waals surface area contributed by atoms with E-state index in [4.69, 9.17) is 37.9 Å². The summed E-state index contributed by atoms with van der Waals surface area (Å²) in [6.07, 6.45) is -4.45. The lowest BCUT2D eigenvalue weighted by Gasteiger charge is -2.28. The van der Waals surface area contributed by atoms with Crippen molar-refractivity contribution in [3.8, 4) is 46.0 Å². The van der Waals surface area contributed by atoms with Crippen LogP contribution in [0.5, 0.6) is 46.0 Å². The summed E-state index contributed by atoms with van der Waals surface area (Å²) in [7, 11) is 0. The van der Waals surface area contributed by atoms with E-state index in [2.05, 4.69) is 104 Å². The molecule has 0 spiro atoms.